The maximum absolute atomic E-state index is 5.34. The van der Waals surface area contributed by atoms with Crippen LogP contribution in [-0.2, 0) is 0 Å². The van der Waals surface area contributed by atoms with Gasteiger partial charge in [0.25, 0.3) is 0 Å². The first-order valence-corrected chi connectivity index (χ1v) is 24.0. The van der Waals surface area contributed by atoms with E-state index in [-0.39, 0.29) is 0 Å². The Morgan fingerprint density at radius 1 is 0.250 bits per heavy atom. The van der Waals surface area contributed by atoms with Gasteiger partial charge in [0.05, 0.1) is 22.4 Å². The fourth-order valence-electron chi connectivity index (χ4n) is 9.94. The van der Waals surface area contributed by atoms with Gasteiger partial charge in [0.2, 0.25) is 0 Å². The molecule has 13 rings (SSSR count). The zero-order chi connectivity index (χ0) is 45.0. The van der Waals surface area contributed by atoms with Crippen molar-refractivity contribution in [3.63, 3.8) is 0 Å². The summed E-state index contributed by atoms with van der Waals surface area (Å²) in [5, 5.41) is 5.11. The van der Waals surface area contributed by atoms with E-state index >= 15 is 0 Å². The number of para-hydroxylation sites is 1. The summed E-state index contributed by atoms with van der Waals surface area (Å²) < 4.78 is 5.05. The van der Waals surface area contributed by atoms with Gasteiger partial charge >= 0.3 is 0 Å². The quantitative estimate of drug-likeness (QED) is 0.149. The highest BCUT2D eigenvalue weighted by molar-refractivity contribution is 7.25. The SMILES string of the molecule is c1ccc(-c2ccc(-c3cc(-c4ccc(-c5ccccc5)cc4)nc(-c4ccc(-n5c6ccccc6c6cc(-c7cccc(-c8ccc9sc%10ccccc%10c9c8)c7)ccc65)cc4)c3)cc2)cc1. The average Bonchev–Trinajstić information content (AvgIpc) is 3.96. The van der Waals surface area contributed by atoms with E-state index in [1.54, 1.807) is 0 Å². The largest absolute Gasteiger partial charge is 0.309 e. The zero-order valence-electron chi connectivity index (χ0n) is 37.1. The fourth-order valence-corrected chi connectivity index (χ4v) is 11.0. The van der Waals surface area contributed by atoms with Gasteiger partial charge in [-0.2, -0.15) is 0 Å². The molecular weight excluding hydrogens is 841 g/mol. The lowest BCUT2D eigenvalue weighted by atomic mass is 9.97. The summed E-state index contributed by atoms with van der Waals surface area (Å²) in [5.41, 5.74) is 19.4. The van der Waals surface area contributed by atoms with Crippen LogP contribution < -0.4 is 0 Å². The maximum atomic E-state index is 5.34. The summed E-state index contributed by atoms with van der Waals surface area (Å²) >= 11 is 1.86. The molecule has 0 atom stereocenters. The first kappa shape index (κ1) is 39.7. The van der Waals surface area contributed by atoms with Crippen LogP contribution in [0, 0.1) is 0 Å². The Morgan fingerprint density at radius 3 is 1.32 bits per heavy atom. The van der Waals surface area contributed by atoms with Crippen molar-refractivity contribution in [2.45, 2.75) is 0 Å². The second-order valence-corrected chi connectivity index (χ2v) is 18.6. The van der Waals surface area contributed by atoms with E-state index in [4.69, 9.17) is 4.98 Å². The Morgan fingerprint density at radius 2 is 0.676 bits per heavy atom. The van der Waals surface area contributed by atoms with Gasteiger partial charge in [-0.3, -0.25) is 0 Å². The molecule has 13 aromatic rings. The minimum absolute atomic E-state index is 0.931. The lowest BCUT2D eigenvalue weighted by Crippen LogP contribution is -1.95. The third-order valence-electron chi connectivity index (χ3n) is 13.4. The smallest absolute Gasteiger partial charge is 0.0715 e. The van der Waals surface area contributed by atoms with Crippen LogP contribution in [0.3, 0.4) is 0 Å². The first-order chi connectivity index (χ1) is 33.7. The van der Waals surface area contributed by atoms with Crippen LogP contribution in [0.5, 0.6) is 0 Å². The molecule has 2 nitrogen and oxygen atoms in total. The van der Waals surface area contributed by atoms with Crippen molar-refractivity contribution in [2.75, 3.05) is 0 Å². The number of aromatic nitrogens is 2. The highest BCUT2D eigenvalue weighted by Crippen LogP contribution is 2.40. The Kier molecular flexibility index (Phi) is 9.73. The Labute approximate surface area is 399 Å². The molecule has 10 aromatic carbocycles. The predicted octanol–water partition coefficient (Wildman–Crippen LogP) is 18.2. The van der Waals surface area contributed by atoms with E-state index in [9.17, 15) is 0 Å². The number of fused-ring (bicyclic) bond motifs is 6. The molecule has 0 amide bonds. The van der Waals surface area contributed by atoms with Gasteiger partial charge in [-0.25, -0.2) is 4.98 Å². The molecule has 0 aliphatic carbocycles. The molecule has 0 aliphatic heterocycles. The van der Waals surface area contributed by atoms with Gasteiger partial charge in [0, 0.05) is 47.8 Å². The van der Waals surface area contributed by atoms with Crippen LogP contribution in [0.2, 0.25) is 0 Å². The van der Waals surface area contributed by atoms with Crippen molar-refractivity contribution >= 4 is 53.3 Å². The van der Waals surface area contributed by atoms with Gasteiger partial charge in [0.15, 0.2) is 0 Å². The highest BCUT2D eigenvalue weighted by atomic mass is 32.1. The van der Waals surface area contributed by atoms with Gasteiger partial charge in [-0.15, -0.1) is 11.3 Å². The molecule has 0 unspecified atom stereocenters. The van der Waals surface area contributed by atoms with Crippen LogP contribution in [0.15, 0.2) is 255 Å². The lowest BCUT2D eigenvalue weighted by molar-refractivity contribution is 1.18. The van der Waals surface area contributed by atoms with Crippen molar-refractivity contribution in [3.05, 3.63) is 255 Å². The molecule has 0 saturated carbocycles. The van der Waals surface area contributed by atoms with E-state index < -0.39 is 0 Å². The number of pyridine rings is 1. The van der Waals surface area contributed by atoms with Gasteiger partial charge < -0.3 is 4.57 Å². The molecule has 0 saturated heterocycles. The van der Waals surface area contributed by atoms with E-state index in [1.807, 2.05) is 11.3 Å². The van der Waals surface area contributed by atoms with E-state index in [0.717, 1.165) is 39.3 Å². The van der Waals surface area contributed by atoms with Crippen LogP contribution in [-0.4, -0.2) is 9.55 Å². The molecule has 0 bridgehead atoms. The van der Waals surface area contributed by atoms with Crippen molar-refractivity contribution in [1.82, 2.24) is 9.55 Å². The lowest BCUT2D eigenvalue weighted by Gasteiger charge is -2.13. The maximum Gasteiger partial charge on any atom is 0.0715 e. The molecule has 3 heterocycles. The molecule has 0 N–H and O–H groups in total. The molecule has 0 radical (unpaired) electrons. The standard InChI is InChI=1S/C65H42N2S/c1-3-12-43(13-4-1)45-22-24-47(25-23-45)54-41-60(48-28-26-46(27-29-48)44-14-5-2-6-15-44)66-61(42-54)49-30-34-55(35-31-49)67-62-20-9-7-18-56(62)58-39-52(32-36-63(58)67)50-16-11-17-51(38-50)53-33-37-65-59(40-53)57-19-8-10-21-64(57)68-65/h1-42H. The Hall–Kier alpha value is -8.63. The molecule has 3 heteroatoms. The van der Waals surface area contributed by atoms with Crippen LogP contribution in [0.25, 0.3) is 126 Å². The average molecular weight is 883 g/mol. The van der Waals surface area contributed by atoms with E-state index in [2.05, 4.69) is 259 Å². The van der Waals surface area contributed by atoms with Crippen LogP contribution >= 0.6 is 11.3 Å². The molecule has 0 fully saturated rings. The fraction of sp³-hybridized carbons (Fsp3) is 0. The molecule has 68 heavy (non-hydrogen) atoms. The summed E-state index contributed by atoms with van der Waals surface area (Å²) in [4.78, 5) is 5.34. The summed E-state index contributed by atoms with van der Waals surface area (Å²) in [7, 11) is 0. The van der Waals surface area contributed by atoms with Crippen molar-refractivity contribution < 1.29 is 0 Å². The van der Waals surface area contributed by atoms with Crippen molar-refractivity contribution in [3.8, 4) is 83.8 Å². The third kappa shape index (κ3) is 7.18. The second-order valence-electron chi connectivity index (χ2n) is 17.5. The molecule has 0 aliphatic rings. The van der Waals surface area contributed by atoms with Gasteiger partial charge in [-0.05, 0) is 122 Å². The Bertz CT molecular complexity index is 3880. The number of rotatable bonds is 8. The summed E-state index contributed by atoms with van der Waals surface area (Å²) in [6.07, 6.45) is 0. The number of hydrogen-bond acceptors (Lipinski definition) is 2. The normalized spacial score (nSPS) is 11.5. The van der Waals surface area contributed by atoms with Crippen LogP contribution in [0.4, 0.5) is 0 Å². The molecule has 318 valence electrons. The summed E-state index contributed by atoms with van der Waals surface area (Å²) in [6.45, 7) is 0. The summed E-state index contributed by atoms with van der Waals surface area (Å²) in [6, 6.07) is 92.4. The van der Waals surface area contributed by atoms with Gasteiger partial charge in [-0.1, -0.05) is 188 Å². The topological polar surface area (TPSA) is 17.8 Å². The molecule has 0 spiro atoms. The Balaban J connectivity index is 0.860. The van der Waals surface area contributed by atoms with Crippen LogP contribution in [0.1, 0.15) is 0 Å². The minimum atomic E-state index is 0.931. The number of benzene rings is 10. The van der Waals surface area contributed by atoms with E-state index in [1.165, 1.54) is 86.5 Å². The number of hydrogen-bond donors (Lipinski definition) is 0. The van der Waals surface area contributed by atoms with E-state index in [0.29, 0.717) is 0 Å². The third-order valence-corrected chi connectivity index (χ3v) is 14.6. The predicted molar refractivity (Wildman–Crippen MR) is 290 cm³/mol. The monoisotopic (exact) mass is 882 g/mol. The number of nitrogens with zero attached hydrogens (tertiary/aromatic N) is 2. The molecule has 3 aromatic heterocycles. The second kappa shape index (κ2) is 16.7. The highest BCUT2D eigenvalue weighted by Gasteiger charge is 2.16. The zero-order valence-corrected chi connectivity index (χ0v) is 37.9. The summed E-state index contributed by atoms with van der Waals surface area (Å²) in [5.74, 6) is 0. The van der Waals surface area contributed by atoms with Crippen molar-refractivity contribution in [2.24, 2.45) is 0 Å². The van der Waals surface area contributed by atoms with Gasteiger partial charge in [0.1, 0.15) is 0 Å². The molecular formula is C65H42N2S. The van der Waals surface area contributed by atoms with Crippen molar-refractivity contribution in [1.29, 1.82) is 0 Å². The minimum Gasteiger partial charge on any atom is -0.309 e. The first-order valence-electron chi connectivity index (χ1n) is 23.2. The number of thiophene rings is 1.